The number of hydrogen-bond acceptors (Lipinski definition) is 9. The smallest absolute Gasteiger partial charge is 0.354 e. The predicted octanol–water partition coefficient (Wildman–Crippen LogP) is -0.589. The lowest BCUT2D eigenvalue weighted by Gasteiger charge is -2.06. The van der Waals surface area contributed by atoms with Gasteiger partial charge in [-0.15, -0.1) is 0 Å². The first kappa shape index (κ1) is 12.6. The zero-order chi connectivity index (χ0) is 13.8. The molecule has 0 bridgehead atoms. The molecular weight excluding hydrogens is 254 g/mol. The van der Waals surface area contributed by atoms with Crippen LogP contribution in [0.2, 0.25) is 0 Å². The molecule has 0 unspecified atom stereocenters. The summed E-state index contributed by atoms with van der Waals surface area (Å²) in [5.74, 6) is 5.62. The van der Waals surface area contributed by atoms with E-state index in [1.165, 1.54) is 11.0 Å². The fourth-order valence-electron chi connectivity index (χ4n) is 1.41. The van der Waals surface area contributed by atoms with Crippen molar-refractivity contribution in [1.29, 1.82) is 0 Å². The number of anilines is 2. The third-order valence-electron chi connectivity index (χ3n) is 2.20. The predicted molar refractivity (Wildman–Crippen MR) is 64.8 cm³/mol. The Morgan fingerprint density at radius 3 is 2.74 bits per heavy atom. The second kappa shape index (κ2) is 5.22. The molecule has 11 nitrogen and oxygen atoms in total. The Bertz CT molecular complexity index is 596. The van der Waals surface area contributed by atoms with Gasteiger partial charge in [0, 0.05) is 7.05 Å². The van der Waals surface area contributed by atoms with Crippen molar-refractivity contribution in [1.82, 2.24) is 24.7 Å². The molecule has 0 fully saturated rings. The van der Waals surface area contributed by atoms with Gasteiger partial charge in [0.15, 0.2) is 5.82 Å². The van der Waals surface area contributed by atoms with Gasteiger partial charge in [-0.05, 0) is 0 Å². The molecule has 2 heterocycles. The van der Waals surface area contributed by atoms with Crippen LogP contribution in [0.5, 0.6) is 0 Å². The van der Waals surface area contributed by atoms with E-state index in [-0.39, 0.29) is 23.9 Å². The van der Waals surface area contributed by atoms with E-state index in [9.17, 15) is 10.1 Å². The molecule has 0 atom stereocenters. The van der Waals surface area contributed by atoms with Crippen molar-refractivity contribution in [2.75, 3.05) is 10.7 Å². The normalized spacial score (nSPS) is 10.2. The van der Waals surface area contributed by atoms with Crippen LogP contribution in [-0.4, -0.2) is 29.7 Å². The number of nitrogens with one attached hydrogen (secondary N) is 2. The molecule has 0 saturated carbocycles. The van der Waals surface area contributed by atoms with E-state index >= 15 is 0 Å². The van der Waals surface area contributed by atoms with Crippen LogP contribution in [0.4, 0.5) is 17.3 Å². The summed E-state index contributed by atoms with van der Waals surface area (Å²) in [6.07, 6.45) is 2.69. The zero-order valence-corrected chi connectivity index (χ0v) is 9.94. The molecule has 2 rings (SSSR count). The van der Waals surface area contributed by atoms with Crippen molar-refractivity contribution in [3.63, 3.8) is 0 Å². The first-order chi connectivity index (χ1) is 9.11. The maximum Gasteiger partial charge on any atom is 0.354 e. The van der Waals surface area contributed by atoms with E-state index in [0.717, 1.165) is 6.33 Å². The maximum atomic E-state index is 11.0. The highest BCUT2D eigenvalue weighted by Gasteiger charge is 2.22. The minimum atomic E-state index is -0.622. The molecule has 0 radical (unpaired) electrons. The molecule has 0 aliphatic rings. The number of hydrogen-bond donors (Lipinski definition) is 3. The molecule has 11 heteroatoms. The molecule has 100 valence electrons. The van der Waals surface area contributed by atoms with E-state index in [2.05, 4.69) is 30.8 Å². The Kier molecular flexibility index (Phi) is 3.47. The summed E-state index contributed by atoms with van der Waals surface area (Å²) in [6.45, 7) is 0.197. The molecule has 0 aliphatic carbocycles. The molecule has 2 aromatic rings. The zero-order valence-electron chi connectivity index (χ0n) is 9.94. The van der Waals surface area contributed by atoms with Gasteiger partial charge in [0.05, 0.1) is 11.5 Å². The number of hydrazine groups is 1. The van der Waals surface area contributed by atoms with E-state index in [1.807, 2.05) is 0 Å². The summed E-state index contributed by atoms with van der Waals surface area (Å²) in [5.41, 5.74) is 1.82. The quantitative estimate of drug-likeness (QED) is 0.366. The van der Waals surface area contributed by atoms with Crippen molar-refractivity contribution in [3.05, 3.63) is 28.6 Å². The van der Waals surface area contributed by atoms with Gasteiger partial charge in [-0.3, -0.25) is 14.8 Å². The van der Waals surface area contributed by atoms with Crippen LogP contribution in [0, 0.1) is 10.1 Å². The standard InChI is InChI=1S/C8H11N9O2/c1-16-4-13-5(15-16)2-10-7-6(17(18)19)8(14-9)12-3-11-7/h3-4H,2,9H2,1H3,(H2,10,11,12,14). The van der Waals surface area contributed by atoms with Crippen LogP contribution in [-0.2, 0) is 13.6 Å². The fraction of sp³-hybridized carbons (Fsp3) is 0.250. The minimum Gasteiger partial charge on any atom is -0.357 e. The van der Waals surface area contributed by atoms with Gasteiger partial charge in [-0.1, -0.05) is 0 Å². The van der Waals surface area contributed by atoms with Gasteiger partial charge in [0.25, 0.3) is 0 Å². The highest BCUT2D eigenvalue weighted by atomic mass is 16.6. The van der Waals surface area contributed by atoms with Gasteiger partial charge in [0.1, 0.15) is 12.7 Å². The Labute approximate surface area is 107 Å². The molecule has 19 heavy (non-hydrogen) atoms. The van der Waals surface area contributed by atoms with E-state index in [1.54, 1.807) is 7.05 Å². The molecule has 0 spiro atoms. The Hall–Kier alpha value is -2.82. The Balaban J connectivity index is 2.22. The molecule has 0 aromatic carbocycles. The number of nitro groups is 1. The highest BCUT2D eigenvalue weighted by Crippen LogP contribution is 2.27. The summed E-state index contributed by atoms with van der Waals surface area (Å²) in [4.78, 5) is 21.8. The molecule has 0 saturated heterocycles. The van der Waals surface area contributed by atoms with Crippen LogP contribution in [0.3, 0.4) is 0 Å². The van der Waals surface area contributed by atoms with Gasteiger partial charge < -0.3 is 10.7 Å². The first-order valence-corrected chi connectivity index (χ1v) is 5.16. The molecule has 0 aliphatic heterocycles. The number of aryl methyl sites for hydroxylation is 1. The Morgan fingerprint density at radius 2 is 2.16 bits per heavy atom. The number of aromatic nitrogens is 5. The topological polar surface area (TPSA) is 150 Å². The molecule has 4 N–H and O–H groups in total. The van der Waals surface area contributed by atoms with Crippen LogP contribution in [0.25, 0.3) is 0 Å². The van der Waals surface area contributed by atoms with Gasteiger partial charge in [0.2, 0.25) is 11.6 Å². The monoisotopic (exact) mass is 265 g/mol. The second-order valence-electron chi connectivity index (χ2n) is 3.51. The first-order valence-electron chi connectivity index (χ1n) is 5.16. The van der Waals surface area contributed by atoms with Crippen molar-refractivity contribution in [2.45, 2.75) is 6.54 Å². The number of rotatable bonds is 5. The van der Waals surface area contributed by atoms with E-state index in [0.29, 0.717) is 5.82 Å². The largest absolute Gasteiger partial charge is 0.357 e. The van der Waals surface area contributed by atoms with Crippen LogP contribution in [0.15, 0.2) is 12.7 Å². The highest BCUT2D eigenvalue weighted by molar-refractivity contribution is 5.68. The second-order valence-corrected chi connectivity index (χ2v) is 3.51. The van der Waals surface area contributed by atoms with Crippen molar-refractivity contribution in [2.24, 2.45) is 12.9 Å². The molecule has 0 amide bonds. The summed E-state index contributed by atoms with van der Waals surface area (Å²) >= 11 is 0. The lowest BCUT2D eigenvalue weighted by molar-refractivity contribution is -0.383. The van der Waals surface area contributed by atoms with Crippen LogP contribution in [0.1, 0.15) is 5.82 Å². The minimum absolute atomic E-state index is 0.0420. The summed E-state index contributed by atoms with van der Waals surface area (Å²) in [7, 11) is 1.72. The van der Waals surface area contributed by atoms with Crippen molar-refractivity contribution in [3.8, 4) is 0 Å². The van der Waals surface area contributed by atoms with E-state index in [4.69, 9.17) is 5.84 Å². The third kappa shape index (κ3) is 2.71. The SMILES string of the molecule is Cn1cnc(CNc2ncnc(NN)c2[N+](=O)[O-])n1. The van der Waals surface area contributed by atoms with Crippen LogP contribution < -0.4 is 16.6 Å². The molecule has 2 aromatic heterocycles. The Morgan fingerprint density at radius 1 is 1.42 bits per heavy atom. The van der Waals surface area contributed by atoms with Gasteiger partial charge in [-0.2, -0.15) is 5.10 Å². The lowest BCUT2D eigenvalue weighted by Crippen LogP contribution is -2.14. The van der Waals surface area contributed by atoms with Gasteiger partial charge in [-0.25, -0.2) is 20.8 Å². The van der Waals surface area contributed by atoms with Crippen LogP contribution >= 0.6 is 0 Å². The number of nitrogens with two attached hydrogens (primary N) is 1. The summed E-state index contributed by atoms with van der Waals surface area (Å²) in [5, 5.41) is 17.8. The van der Waals surface area contributed by atoms with Gasteiger partial charge >= 0.3 is 5.69 Å². The lowest BCUT2D eigenvalue weighted by atomic mass is 10.4. The average molecular weight is 265 g/mol. The van der Waals surface area contributed by atoms with Crippen molar-refractivity contribution < 1.29 is 4.92 Å². The fourth-order valence-corrected chi connectivity index (χ4v) is 1.41. The summed E-state index contributed by atoms with van der Waals surface area (Å²) in [6, 6.07) is 0. The van der Waals surface area contributed by atoms with Crippen molar-refractivity contribution >= 4 is 17.3 Å². The number of nitrogen functional groups attached to an aromatic ring is 1. The number of nitrogens with zero attached hydrogens (tertiary/aromatic N) is 6. The summed E-state index contributed by atoms with van der Waals surface area (Å²) < 4.78 is 1.53. The molecular formula is C8H11N9O2. The third-order valence-corrected chi connectivity index (χ3v) is 2.20. The maximum absolute atomic E-state index is 11.0. The average Bonchev–Trinajstić information content (AvgIpc) is 2.81. The van der Waals surface area contributed by atoms with E-state index < -0.39 is 4.92 Å².